The predicted molar refractivity (Wildman–Crippen MR) is 47.9 cm³/mol. The molecular weight excluding hydrogens is 152 g/mol. The first-order chi connectivity index (χ1) is 5.54. The van der Waals surface area contributed by atoms with E-state index in [4.69, 9.17) is 5.11 Å². The van der Waals surface area contributed by atoms with Crippen molar-refractivity contribution < 1.29 is 9.90 Å². The smallest absolute Gasteiger partial charge is 0.307 e. The van der Waals surface area contributed by atoms with Gasteiger partial charge in [-0.1, -0.05) is 20.8 Å². The fourth-order valence-electron chi connectivity index (χ4n) is 2.41. The van der Waals surface area contributed by atoms with E-state index < -0.39 is 5.97 Å². The molecule has 1 aliphatic rings. The summed E-state index contributed by atoms with van der Waals surface area (Å²) in [5.74, 6) is 0.590. The van der Waals surface area contributed by atoms with Gasteiger partial charge in [0.15, 0.2) is 0 Å². The molecular formula is C10H18O2. The highest BCUT2D eigenvalue weighted by atomic mass is 16.4. The van der Waals surface area contributed by atoms with Crippen LogP contribution in [0.25, 0.3) is 0 Å². The van der Waals surface area contributed by atoms with Gasteiger partial charge in [0.25, 0.3) is 0 Å². The molecule has 0 bridgehead atoms. The third-order valence-electron chi connectivity index (χ3n) is 3.17. The fraction of sp³-hybridized carbons (Fsp3) is 0.900. The molecule has 0 saturated heterocycles. The van der Waals surface area contributed by atoms with Crippen molar-refractivity contribution in [2.75, 3.05) is 0 Å². The molecule has 70 valence electrons. The van der Waals surface area contributed by atoms with Crippen LogP contribution in [-0.2, 0) is 4.79 Å². The number of carbonyl (C=O) groups is 1. The first kappa shape index (κ1) is 9.56. The first-order valence-corrected chi connectivity index (χ1v) is 4.76. The van der Waals surface area contributed by atoms with Crippen LogP contribution < -0.4 is 0 Å². The zero-order valence-electron chi connectivity index (χ0n) is 8.08. The van der Waals surface area contributed by atoms with Crippen LogP contribution in [-0.4, -0.2) is 11.1 Å². The third-order valence-corrected chi connectivity index (χ3v) is 3.17. The van der Waals surface area contributed by atoms with Gasteiger partial charge in [-0.25, -0.2) is 0 Å². The number of hydrogen-bond acceptors (Lipinski definition) is 1. The van der Waals surface area contributed by atoms with Crippen molar-refractivity contribution in [2.24, 2.45) is 23.7 Å². The maximum absolute atomic E-state index is 10.9. The van der Waals surface area contributed by atoms with Gasteiger partial charge in [-0.15, -0.1) is 0 Å². The minimum Gasteiger partial charge on any atom is -0.481 e. The number of carboxylic acid groups (broad SMARTS) is 1. The van der Waals surface area contributed by atoms with Crippen LogP contribution in [0.1, 0.15) is 33.6 Å². The molecule has 12 heavy (non-hydrogen) atoms. The Morgan fingerprint density at radius 3 is 2.33 bits per heavy atom. The number of aliphatic carboxylic acids is 1. The van der Waals surface area contributed by atoms with E-state index in [0.29, 0.717) is 17.8 Å². The molecule has 0 aliphatic heterocycles. The lowest BCUT2D eigenvalue weighted by Crippen LogP contribution is -2.26. The summed E-state index contributed by atoms with van der Waals surface area (Å²) >= 11 is 0. The van der Waals surface area contributed by atoms with E-state index in [1.807, 2.05) is 0 Å². The summed E-state index contributed by atoms with van der Waals surface area (Å²) in [7, 11) is 0. The third kappa shape index (κ3) is 1.62. The highest BCUT2D eigenvalue weighted by Gasteiger charge is 2.39. The Labute approximate surface area is 74.0 Å². The Morgan fingerprint density at radius 1 is 1.42 bits per heavy atom. The van der Waals surface area contributed by atoms with Crippen molar-refractivity contribution in [1.29, 1.82) is 0 Å². The Bertz CT molecular complexity index is 175. The molecule has 0 aromatic rings. The summed E-state index contributed by atoms with van der Waals surface area (Å²) in [5.41, 5.74) is 0. The first-order valence-electron chi connectivity index (χ1n) is 4.76. The quantitative estimate of drug-likeness (QED) is 0.691. The standard InChI is InChI=1S/C10H18O2/c1-6(2)8-5-4-7(3)9(8)10(11)12/h6-9H,4-5H2,1-3H3,(H,11,12)/t7?,8-,9-/m0/s1. The van der Waals surface area contributed by atoms with E-state index in [1.165, 1.54) is 0 Å². The van der Waals surface area contributed by atoms with E-state index >= 15 is 0 Å². The van der Waals surface area contributed by atoms with Crippen molar-refractivity contribution in [3.05, 3.63) is 0 Å². The second-order valence-corrected chi connectivity index (χ2v) is 4.33. The predicted octanol–water partition coefficient (Wildman–Crippen LogP) is 2.39. The van der Waals surface area contributed by atoms with Crippen LogP contribution in [0.2, 0.25) is 0 Å². The molecule has 0 aromatic carbocycles. The summed E-state index contributed by atoms with van der Waals surface area (Å²) in [4.78, 5) is 10.9. The van der Waals surface area contributed by atoms with Crippen LogP contribution in [0, 0.1) is 23.7 Å². The van der Waals surface area contributed by atoms with E-state index in [1.54, 1.807) is 0 Å². The molecule has 1 N–H and O–H groups in total. The van der Waals surface area contributed by atoms with Gasteiger partial charge in [-0.3, -0.25) is 4.79 Å². The summed E-state index contributed by atoms with van der Waals surface area (Å²) < 4.78 is 0. The van der Waals surface area contributed by atoms with Gasteiger partial charge >= 0.3 is 5.97 Å². The Kier molecular flexibility index (Phi) is 2.76. The van der Waals surface area contributed by atoms with Crippen molar-refractivity contribution in [3.8, 4) is 0 Å². The van der Waals surface area contributed by atoms with Crippen LogP contribution in [0.15, 0.2) is 0 Å². The van der Waals surface area contributed by atoms with Gasteiger partial charge in [-0.2, -0.15) is 0 Å². The van der Waals surface area contributed by atoms with Crippen molar-refractivity contribution in [1.82, 2.24) is 0 Å². The van der Waals surface area contributed by atoms with Crippen molar-refractivity contribution in [3.63, 3.8) is 0 Å². The van der Waals surface area contributed by atoms with Crippen LogP contribution in [0.5, 0.6) is 0 Å². The fourth-order valence-corrected chi connectivity index (χ4v) is 2.41. The van der Waals surface area contributed by atoms with E-state index in [-0.39, 0.29) is 5.92 Å². The topological polar surface area (TPSA) is 37.3 Å². The van der Waals surface area contributed by atoms with Gasteiger partial charge in [0.1, 0.15) is 0 Å². The van der Waals surface area contributed by atoms with Gasteiger partial charge in [-0.05, 0) is 30.6 Å². The Balaban J connectivity index is 2.70. The zero-order valence-corrected chi connectivity index (χ0v) is 8.08. The normalized spacial score (nSPS) is 35.8. The van der Waals surface area contributed by atoms with E-state index in [2.05, 4.69) is 20.8 Å². The molecule has 1 saturated carbocycles. The maximum atomic E-state index is 10.9. The van der Waals surface area contributed by atoms with Gasteiger partial charge in [0.05, 0.1) is 5.92 Å². The molecule has 0 aromatic heterocycles. The monoisotopic (exact) mass is 170 g/mol. The lowest BCUT2D eigenvalue weighted by Gasteiger charge is -2.21. The number of hydrogen-bond donors (Lipinski definition) is 1. The van der Waals surface area contributed by atoms with Gasteiger partial charge in [0, 0.05) is 0 Å². The molecule has 1 unspecified atom stereocenters. The molecule has 1 rings (SSSR count). The second kappa shape index (κ2) is 3.46. The molecule has 0 spiro atoms. The minimum absolute atomic E-state index is 0.0926. The van der Waals surface area contributed by atoms with Crippen LogP contribution in [0.3, 0.4) is 0 Å². The second-order valence-electron chi connectivity index (χ2n) is 4.33. The highest BCUT2D eigenvalue weighted by Crippen LogP contribution is 2.40. The number of carboxylic acids is 1. The lowest BCUT2D eigenvalue weighted by molar-refractivity contribution is -0.144. The Hall–Kier alpha value is -0.530. The molecule has 1 aliphatic carbocycles. The van der Waals surface area contributed by atoms with Crippen molar-refractivity contribution in [2.45, 2.75) is 33.6 Å². The average Bonchev–Trinajstić information content (AvgIpc) is 2.30. The lowest BCUT2D eigenvalue weighted by atomic mass is 9.83. The molecule has 2 nitrogen and oxygen atoms in total. The molecule has 0 radical (unpaired) electrons. The molecule has 2 heteroatoms. The summed E-state index contributed by atoms with van der Waals surface area (Å²) in [5, 5.41) is 9.00. The summed E-state index contributed by atoms with van der Waals surface area (Å²) in [6, 6.07) is 0. The SMILES string of the molecule is CC(C)[C@@H]1CCC(C)[C@@H]1C(=O)O. The largest absolute Gasteiger partial charge is 0.481 e. The van der Waals surface area contributed by atoms with Crippen molar-refractivity contribution >= 4 is 5.97 Å². The Morgan fingerprint density at radius 2 is 2.00 bits per heavy atom. The highest BCUT2D eigenvalue weighted by molar-refractivity contribution is 5.71. The molecule has 0 heterocycles. The minimum atomic E-state index is -0.598. The van der Waals surface area contributed by atoms with E-state index in [0.717, 1.165) is 12.8 Å². The van der Waals surface area contributed by atoms with Crippen LogP contribution >= 0.6 is 0 Å². The van der Waals surface area contributed by atoms with E-state index in [9.17, 15) is 4.79 Å². The summed E-state index contributed by atoms with van der Waals surface area (Å²) in [6.45, 7) is 6.30. The average molecular weight is 170 g/mol. The maximum Gasteiger partial charge on any atom is 0.307 e. The van der Waals surface area contributed by atoms with Gasteiger partial charge < -0.3 is 5.11 Å². The zero-order chi connectivity index (χ0) is 9.30. The molecule has 1 fully saturated rings. The molecule has 3 atom stereocenters. The van der Waals surface area contributed by atoms with Gasteiger partial charge in [0.2, 0.25) is 0 Å². The van der Waals surface area contributed by atoms with Crippen LogP contribution in [0.4, 0.5) is 0 Å². The summed E-state index contributed by atoms with van der Waals surface area (Å²) in [6.07, 6.45) is 2.18. The number of rotatable bonds is 2. The molecule has 0 amide bonds.